The summed E-state index contributed by atoms with van der Waals surface area (Å²) in [6, 6.07) is 8.02. The van der Waals surface area contributed by atoms with Crippen LogP contribution in [0.25, 0.3) is 0 Å². The van der Waals surface area contributed by atoms with E-state index in [0.29, 0.717) is 0 Å². The first-order valence-corrected chi connectivity index (χ1v) is 8.69. The molecule has 2 rings (SSSR count). The molecule has 0 aromatic heterocycles. The smallest absolute Gasteiger partial charge is 0.182 e. The van der Waals surface area contributed by atoms with Crippen LogP contribution in [0.4, 0.5) is 0 Å². The van der Waals surface area contributed by atoms with Gasteiger partial charge < -0.3 is 0 Å². The second-order valence-electron chi connectivity index (χ2n) is 4.45. The molecule has 0 amide bonds. The molecule has 1 heterocycles. The summed E-state index contributed by atoms with van der Waals surface area (Å²) >= 11 is 0. The van der Waals surface area contributed by atoms with Gasteiger partial charge in [-0.15, -0.1) is 0 Å². The third kappa shape index (κ3) is 2.37. The number of sulfone groups is 2. The summed E-state index contributed by atoms with van der Waals surface area (Å²) in [5.74, 6) is -0.639. The van der Waals surface area contributed by atoms with Crippen molar-refractivity contribution in [3.63, 3.8) is 0 Å². The lowest BCUT2D eigenvalue weighted by Crippen LogP contribution is -2.27. The summed E-state index contributed by atoms with van der Waals surface area (Å²) in [6.45, 7) is 1.68. The van der Waals surface area contributed by atoms with E-state index in [1.165, 1.54) is 12.1 Å². The molecule has 1 aromatic rings. The molecule has 2 unspecified atom stereocenters. The largest absolute Gasteiger partial charge is 0.229 e. The average molecular weight is 274 g/mol. The Morgan fingerprint density at radius 2 is 1.71 bits per heavy atom. The molecule has 0 N–H and O–H groups in total. The highest BCUT2D eigenvalue weighted by Crippen LogP contribution is 2.29. The first-order chi connectivity index (χ1) is 7.83. The van der Waals surface area contributed by atoms with E-state index in [1.54, 1.807) is 25.1 Å². The van der Waals surface area contributed by atoms with Crippen LogP contribution in [0.1, 0.15) is 6.92 Å². The second kappa shape index (κ2) is 4.10. The zero-order chi connectivity index (χ0) is 12.7. The van der Waals surface area contributed by atoms with Crippen molar-refractivity contribution in [2.75, 3.05) is 11.5 Å². The van der Waals surface area contributed by atoms with E-state index in [2.05, 4.69) is 0 Å². The summed E-state index contributed by atoms with van der Waals surface area (Å²) in [4.78, 5) is 0.203. The van der Waals surface area contributed by atoms with Crippen LogP contribution in [-0.2, 0) is 19.7 Å². The molecule has 0 spiro atoms. The minimum absolute atomic E-state index is 0.0380. The number of rotatable bonds is 2. The monoisotopic (exact) mass is 274 g/mol. The quantitative estimate of drug-likeness (QED) is 0.803. The van der Waals surface area contributed by atoms with Crippen molar-refractivity contribution in [2.45, 2.75) is 17.1 Å². The second-order valence-corrected chi connectivity index (χ2v) is 8.77. The van der Waals surface area contributed by atoms with Crippen molar-refractivity contribution in [3.8, 4) is 0 Å². The molecule has 2 atom stereocenters. The van der Waals surface area contributed by atoms with E-state index in [0.717, 1.165) is 0 Å². The van der Waals surface area contributed by atoms with Gasteiger partial charge in [-0.05, 0) is 18.1 Å². The van der Waals surface area contributed by atoms with E-state index in [1.807, 2.05) is 0 Å². The number of hydrogen-bond donors (Lipinski definition) is 0. The van der Waals surface area contributed by atoms with Gasteiger partial charge in [-0.3, -0.25) is 0 Å². The van der Waals surface area contributed by atoms with Crippen LogP contribution >= 0.6 is 0 Å². The maximum atomic E-state index is 12.3. The Morgan fingerprint density at radius 3 is 2.18 bits per heavy atom. The van der Waals surface area contributed by atoms with Crippen LogP contribution in [0.5, 0.6) is 0 Å². The predicted molar refractivity (Wildman–Crippen MR) is 65.2 cm³/mol. The molecule has 1 fully saturated rings. The molecule has 4 nitrogen and oxygen atoms in total. The van der Waals surface area contributed by atoms with Crippen molar-refractivity contribution in [2.24, 2.45) is 5.92 Å². The van der Waals surface area contributed by atoms with E-state index in [9.17, 15) is 16.8 Å². The molecular weight excluding hydrogens is 260 g/mol. The SMILES string of the molecule is CC1CS(=O)(=O)CC1S(=O)(=O)c1ccccc1. The maximum absolute atomic E-state index is 12.3. The topological polar surface area (TPSA) is 68.3 Å². The van der Waals surface area contributed by atoms with Crippen molar-refractivity contribution < 1.29 is 16.8 Å². The molecule has 0 radical (unpaired) electrons. The molecule has 1 aliphatic rings. The summed E-state index contributed by atoms with van der Waals surface area (Å²) < 4.78 is 47.5. The van der Waals surface area contributed by atoms with E-state index in [4.69, 9.17) is 0 Å². The lowest BCUT2D eigenvalue weighted by Gasteiger charge is -2.14. The highest BCUT2D eigenvalue weighted by atomic mass is 32.2. The van der Waals surface area contributed by atoms with Gasteiger partial charge in [0.2, 0.25) is 0 Å². The standard InChI is InChI=1S/C11H14O4S2/c1-9-7-16(12,13)8-11(9)17(14,15)10-5-3-2-4-6-10/h2-6,9,11H,7-8H2,1H3. The Balaban J connectivity index is 2.42. The molecule has 17 heavy (non-hydrogen) atoms. The molecular formula is C11H14O4S2. The molecule has 1 aliphatic heterocycles. The molecule has 0 bridgehead atoms. The Morgan fingerprint density at radius 1 is 1.12 bits per heavy atom. The third-order valence-electron chi connectivity index (χ3n) is 3.04. The van der Waals surface area contributed by atoms with Crippen molar-refractivity contribution in [1.82, 2.24) is 0 Å². The minimum Gasteiger partial charge on any atom is -0.229 e. The van der Waals surface area contributed by atoms with Crippen molar-refractivity contribution in [1.29, 1.82) is 0 Å². The minimum atomic E-state index is -3.54. The van der Waals surface area contributed by atoms with Gasteiger partial charge in [-0.1, -0.05) is 25.1 Å². The fraction of sp³-hybridized carbons (Fsp3) is 0.455. The molecule has 1 aromatic carbocycles. The van der Waals surface area contributed by atoms with E-state index < -0.39 is 24.9 Å². The summed E-state index contributed by atoms with van der Waals surface area (Å²) in [7, 11) is -6.75. The molecule has 0 aliphatic carbocycles. The Bertz CT molecular complexity index is 602. The van der Waals surface area contributed by atoms with E-state index >= 15 is 0 Å². The lowest BCUT2D eigenvalue weighted by atomic mass is 10.2. The Hall–Kier alpha value is -0.880. The molecule has 94 valence electrons. The first kappa shape index (κ1) is 12.6. The van der Waals surface area contributed by atoms with Gasteiger partial charge in [0, 0.05) is 0 Å². The van der Waals surface area contributed by atoms with Gasteiger partial charge in [0.15, 0.2) is 19.7 Å². The zero-order valence-corrected chi connectivity index (χ0v) is 11.0. The maximum Gasteiger partial charge on any atom is 0.182 e. The van der Waals surface area contributed by atoms with Gasteiger partial charge in [0.1, 0.15) is 0 Å². The van der Waals surface area contributed by atoms with Gasteiger partial charge >= 0.3 is 0 Å². The van der Waals surface area contributed by atoms with Crippen LogP contribution in [0, 0.1) is 5.92 Å². The fourth-order valence-corrected chi connectivity index (χ4v) is 7.22. The summed E-state index contributed by atoms with van der Waals surface area (Å²) in [5.41, 5.74) is 0. The molecule has 1 saturated heterocycles. The summed E-state index contributed by atoms with van der Waals surface area (Å²) in [6.07, 6.45) is 0. The Labute approximate surface area is 102 Å². The van der Waals surface area contributed by atoms with Crippen LogP contribution in [0.3, 0.4) is 0 Å². The van der Waals surface area contributed by atoms with Gasteiger partial charge in [0.25, 0.3) is 0 Å². The van der Waals surface area contributed by atoms with Crippen LogP contribution in [-0.4, -0.2) is 33.6 Å². The highest BCUT2D eigenvalue weighted by molar-refractivity contribution is 7.96. The van der Waals surface area contributed by atoms with Gasteiger partial charge in [-0.2, -0.15) is 0 Å². The number of hydrogen-bond acceptors (Lipinski definition) is 4. The average Bonchev–Trinajstić information content (AvgIpc) is 2.54. The zero-order valence-electron chi connectivity index (χ0n) is 9.41. The molecule has 6 heteroatoms. The van der Waals surface area contributed by atoms with Crippen molar-refractivity contribution >= 4 is 19.7 Å². The van der Waals surface area contributed by atoms with Gasteiger partial charge in [-0.25, -0.2) is 16.8 Å². The van der Waals surface area contributed by atoms with Crippen LogP contribution < -0.4 is 0 Å². The van der Waals surface area contributed by atoms with Crippen LogP contribution in [0.2, 0.25) is 0 Å². The third-order valence-corrected chi connectivity index (χ3v) is 7.51. The normalized spacial score (nSPS) is 28.1. The summed E-state index contributed by atoms with van der Waals surface area (Å²) in [5, 5.41) is -0.810. The predicted octanol–water partition coefficient (Wildman–Crippen LogP) is 0.893. The Kier molecular flexibility index (Phi) is 3.03. The molecule has 0 saturated carbocycles. The fourth-order valence-electron chi connectivity index (χ4n) is 2.17. The van der Waals surface area contributed by atoms with Crippen molar-refractivity contribution in [3.05, 3.63) is 30.3 Å². The lowest BCUT2D eigenvalue weighted by molar-refractivity contribution is 0.559. The first-order valence-electron chi connectivity index (χ1n) is 5.32. The van der Waals surface area contributed by atoms with E-state index in [-0.39, 0.29) is 22.3 Å². The van der Waals surface area contributed by atoms with Gasteiger partial charge in [0.05, 0.1) is 21.7 Å². The highest BCUT2D eigenvalue weighted by Gasteiger charge is 2.43. The number of benzene rings is 1. The van der Waals surface area contributed by atoms with Crippen LogP contribution in [0.15, 0.2) is 35.2 Å².